The molecular weight excluding hydrogens is 176 g/mol. The Labute approximate surface area is 85.3 Å². The van der Waals surface area contributed by atoms with E-state index in [9.17, 15) is 4.79 Å². The second-order valence-corrected chi connectivity index (χ2v) is 5.33. The third-order valence-corrected chi connectivity index (χ3v) is 3.56. The number of hydrogen-bond acceptors (Lipinski definition) is 2. The molecule has 1 saturated carbocycles. The summed E-state index contributed by atoms with van der Waals surface area (Å²) in [6.07, 6.45) is 2.10. The maximum Gasteiger partial charge on any atom is 0.224 e. The van der Waals surface area contributed by atoms with Crippen LogP contribution in [-0.4, -0.2) is 5.91 Å². The van der Waals surface area contributed by atoms with Gasteiger partial charge in [0.2, 0.25) is 5.91 Å². The summed E-state index contributed by atoms with van der Waals surface area (Å²) in [6, 6.07) is 2.15. The quantitative estimate of drug-likeness (QED) is 0.728. The molecule has 1 rings (SSSR count). The number of nitrogens with two attached hydrogens (primary N) is 1. The van der Waals surface area contributed by atoms with Gasteiger partial charge >= 0.3 is 0 Å². The first-order valence-corrected chi connectivity index (χ1v) is 5.00. The number of amides is 1. The molecule has 0 aromatic heterocycles. The Morgan fingerprint density at radius 1 is 1.57 bits per heavy atom. The van der Waals surface area contributed by atoms with Gasteiger partial charge in [-0.25, -0.2) is 0 Å². The summed E-state index contributed by atoms with van der Waals surface area (Å²) in [7, 11) is 0. The summed E-state index contributed by atoms with van der Waals surface area (Å²) in [6.45, 7) is 6.13. The Hall–Kier alpha value is -1.04. The summed E-state index contributed by atoms with van der Waals surface area (Å²) in [5.74, 6) is 0.158. The summed E-state index contributed by atoms with van der Waals surface area (Å²) in [5.41, 5.74) is 4.98. The third kappa shape index (κ3) is 1.50. The molecule has 3 nitrogen and oxygen atoms in total. The molecule has 0 aromatic rings. The van der Waals surface area contributed by atoms with Gasteiger partial charge in [0.05, 0.1) is 11.5 Å². The fourth-order valence-electron chi connectivity index (χ4n) is 2.38. The van der Waals surface area contributed by atoms with Crippen molar-refractivity contribution in [2.75, 3.05) is 0 Å². The zero-order valence-electron chi connectivity index (χ0n) is 9.13. The molecule has 0 atom stereocenters. The topological polar surface area (TPSA) is 66.9 Å². The molecule has 0 radical (unpaired) electrons. The van der Waals surface area contributed by atoms with Crippen molar-refractivity contribution in [1.82, 2.24) is 0 Å². The van der Waals surface area contributed by atoms with Crippen molar-refractivity contribution in [3.8, 4) is 6.07 Å². The SMILES string of the molecule is CC(C)(C)C1(C(N)=O)CC(CC#N)C1. The van der Waals surface area contributed by atoms with Gasteiger partial charge in [-0.3, -0.25) is 4.79 Å². The minimum absolute atomic E-state index is 0.0925. The zero-order chi connectivity index (χ0) is 11.0. The maximum atomic E-state index is 11.4. The molecule has 1 amide bonds. The highest BCUT2D eigenvalue weighted by atomic mass is 16.1. The van der Waals surface area contributed by atoms with Crippen LogP contribution in [0.3, 0.4) is 0 Å². The molecule has 78 valence electrons. The first kappa shape index (κ1) is 11.0. The predicted octanol–water partition coefficient (Wildman–Crippen LogP) is 1.83. The molecule has 0 spiro atoms. The Kier molecular flexibility index (Phi) is 2.58. The monoisotopic (exact) mass is 194 g/mol. The van der Waals surface area contributed by atoms with Gasteiger partial charge in [0.1, 0.15) is 0 Å². The van der Waals surface area contributed by atoms with Crippen LogP contribution in [-0.2, 0) is 4.79 Å². The first-order chi connectivity index (χ1) is 6.33. The van der Waals surface area contributed by atoms with E-state index in [2.05, 4.69) is 6.07 Å². The molecule has 0 unspecified atom stereocenters. The number of nitrogens with zero attached hydrogens (tertiary/aromatic N) is 1. The van der Waals surface area contributed by atoms with Crippen molar-refractivity contribution in [3.63, 3.8) is 0 Å². The molecule has 0 aromatic carbocycles. The van der Waals surface area contributed by atoms with Crippen LogP contribution in [0.4, 0.5) is 0 Å². The van der Waals surface area contributed by atoms with Gasteiger partial charge in [-0.05, 0) is 24.2 Å². The molecule has 1 fully saturated rings. The summed E-state index contributed by atoms with van der Waals surface area (Å²) in [4.78, 5) is 11.4. The van der Waals surface area contributed by atoms with E-state index < -0.39 is 0 Å². The van der Waals surface area contributed by atoms with E-state index in [4.69, 9.17) is 11.0 Å². The number of nitriles is 1. The highest BCUT2D eigenvalue weighted by Crippen LogP contribution is 2.57. The van der Waals surface area contributed by atoms with Gasteiger partial charge in [-0.15, -0.1) is 0 Å². The number of carbonyl (C=O) groups is 1. The van der Waals surface area contributed by atoms with Gasteiger partial charge in [0.15, 0.2) is 0 Å². The molecule has 1 aliphatic rings. The Balaban J connectivity index is 2.74. The average molecular weight is 194 g/mol. The molecule has 2 N–H and O–H groups in total. The van der Waals surface area contributed by atoms with E-state index in [-0.39, 0.29) is 16.7 Å². The fourth-order valence-corrected chi connectivity index (χ4v) is 2.38. The summed E-state index contributed by atoms with van der Waals surface area (Å²) >= 11 is 0. The van der Waals surface area contributed by atoms with E-state index in [1.54, 1.807) is 0 Å². The van der Waals surface area contributed by atoms with E-state index in [0.717, 1.165) is 12.8 Å². The van der Waals surface area contributed by atoms with E-state index >= 15 is 0 Å². The van der Waals surface area contributed by atoms with Crippen LogP contribution in [0.5, 0.6) is 0 Å². The minimum Gasteiger partial charge on any atom is -0.369 e. The molecule has 0 heterocycles. The van der Waals surface area contributed by atoms with Crippen LogP contribution in [0.2, 0.25) is 0 Å². The molecule has 1 aliphatic carbocycles. The van der Waals surface area contributed by atoms with Crippen molar-refractivity contribution >= 4 is 5.91 Å². The molecule has 3 heteroatoms. The van der Waals surface area contributed by atoms with Crippen LogP contribution in [0.1, 0.15) is 40.0 Å². The number of carbonyl (C=O) groups excluding carboxylic acids is 1. The van der Waals surface area contributed by atoms with Crippen LogP contribution >= 0.6 is 0 Å². The Morgan fingerprint density at radius 2 is 2.07 bits per heavy atom. The van der Waals surface area contributed by atoms with E-state index in [1.807, 2.05) is 20.8 Å². The highest BCUT2D eigenvalue weighted by Gasteiger charge is 2.55. The van der Waals surface area contributed by atoms with Crippen LogP contribution in [0.15, 0.2) is 0 Å². The van der Waals surface area contributed by atoms with E-state index in [0.29, 0.717) is 12.3 Å². The second-order valence-electron chi connectivity index (χ2n) is 5.33. The van der Waals surface area contributed by atoms with Gasteiger partial charge in [-0.2, -0.15) is 5.26 Å². The molecule has 0 saturated heterocycles. The van der Waals surface area contributed by atoms with Crippen LogP contribution < -0.4 is 5.73 Å². The normalized spacial score (nSPS) is 31.7. The van der Waals surface area contributed by atoms with Crippen molar-refractivity contribution in [3.05, 3.63) is 0 Å². The smallest absolute Gasteiger partial charge is 0.224 e. The number of primary amides is 1. The number of hydrogen-bond donors (Lipinski definition) is 1. The molecule has 14 heavy (non-hydrogen) atoms. The third-order valence-electron chi connectivity index (χ3n) is 3.56. The predicted molar refractivity (Wildman–Crippen MR) is 54.0 cm³/mol. The Morgan fingerprint density at radius 3 is 2.36 bits per heavy atom. The lowest BCUT2D eigenvalue weighted by Crippen LogP contribution is -2.55. The standard InChI is InChI=1S/C11H18N2O/c1-10(2,3)11(9(13)14)6-8(7-11)4-5-12/h8H,4,6-7H2,1-3H3,(H2,13,14). The zero-order valence-corrected chi connectivity index (χ0v) is 9.13. The second kappa shape index (κ2) is 3.27. The van der Waals surface area contributed by atoms with Crippen molar-refractivity contribution in [2.24, 2.45) is 22.5 Å². The van der Waals surface area contributed by atoms with Crippen molar-refractivity contribution < 1.29 is 4.79 Å². The molecular formula is C11H18N2O. The van der Waals surface area contributed by atoms with E-state index in [1.165, 1.54) is 0 Å². The first-order valence-electron chi connectivity index (χ1n) is 5.00. The average Bonchev–Trinajstić information content (AvgIpc) is 1.91. The van der Waals surface area contributed by atoms with Gasteiger partial charge < -0.3 is 5.73 Å². The molecule has 0 aliphatic heterocycles. The maximum absolute atomic E-state index is 11.4. The lowest BCUT2D eigenvalue weighted by atomic mass is 9.50. The van der Waals surface area contributed by atoms with Crippen LogP contribution in [0.25, 0.3) is 0 Å². The van der Waals surface area contributed by atoms with Crippen molar-refractivity contribution in [2.45, 2.75) is 40.0 Å². The van der Waals surface area contributed by atoms with Gasteiger partial charge in [-0.1, -0.05) is 20.8 Å². The minimum atomic E-state index is -0.380. The Bertz CT molecular complexity index is 277. The van der Waals surface area contributed by atoms with Crippen molar-refractivity contribution in [1.29, 1.82) is 5.26 Å². The largest absolute Gasteiger partial charge is 0.369 e. The lowest BCUT2D eigenvalue weighted by Gasteiger charge is -2.53. The fraction of sp³-hybridized carbons (Fsp3) is 0.818. The van der Waals surface area contributed by atoms with Gasteiger partial charge in [0.25, 0.3) is 0 Å². The summed E-state index contributed by atoms with van der Waals surface area (Å²) < 4.78 is 0. The molecule has 0 bridgehead atoms. The van der Waals surface area contributed by atoms with Gasteiger partial charge in [0, 0.05) is 6.42 Å². The lowest BCUT2D eigenvalue weighted by molar-refractivity contribution is -0.148. The number of rotatable bonds is 2. The highest BCUT2D eigenvalue weighted by molar-refractivity contribution is 5.82. The van der Waals surface area contributed by atoms with Crippen LogP contribution in [0, 0.1) is 28.1 Å². The summed E-state index contributed by atoms with van der Waals surface area (Å²) in [5, 5.41) is 8.55.